The van der Waals surface area contributed by atoms with Crippen molar-refractivity contribution in [2.75, 3.05) is 26.7 Å². The lowest BCUT2D eigenvalue weighted by atomic mass is 10.2. The summed E-state index contributed by atoms with van der Waals surface area (Å²) >= 11 is 0. The van der Waals surface area contributed by atoms with E-state index in [1.165, 1.54) is 0 Å². The first-order valence-corrected chi connectivity index (χ1v) is 6.35. The van der Waals surface area contributed by atoms with Crippen LogP contribution in [0.4, 0.5) is 0 Å². The molecule has 0 bridgehead atoms. The van der Waals surface area contributed by atoms with Crippen LogP contribution in [-0.4, -0.2) is 37.6 Å². The van der Waals surface area contributed by atoms with Crippen LogP contribution in [0, 0.1) is 0 Å². The summed E-state index contributed by atoms with van der Waals surface area (Å²) in [7, 11) is 2.03. The average Bonchev–Trinajstić information content (AvgIpc) is 2.33. The Morgan fingerprint density at radius 2 is 2.06 bits per heavy atom. The van der Waals surface area contributed by atoms with Gasteiger partial charge in [0.1, 0.15) is 6.61 Å². The van der Waals surface area contributed by atoms with Gasteiger partial charge in [-0.1, -0.05) is 24.8 Å². The summed E-state index contributed by atoms with van der Waals surface area (Å²) < 4.78 is 5.03. The predicted molar refractivity (Wildman–Crippen MR) is 76.5 cm³/mol. The molecule has 0 N–H and O–H groups in total. The molecule has 0 atom stereocenters. The second-order valence-corrected chi connectivity index (χ2v) is 4.36. The van der Waals surface area contributed by atoms with Gasteiger partial charge in [-0.3, -0.25) is 0 Å². The molecule has 0 aromatic heterocycles. The summed E-state index contributed by atoms with van der Waals surface area (Å²) in [5.41, 5.74) is 0.449. The summed E-state index contributed by atoms with van der Waals surface area (Å²) in [5, 5.41) is 0. The lowest BCUT2D eigenvalue weighted by Gasteiger charge is -2.15. The number of allylic oxidation sites excluding steroid dienone is 3. The zero-order valence-electron chi connectivity index (χ0n) is 11.7. The van der Waals surface area contributed by atoms with Crippen molar-refractivity contribution in [1.29, 1.82) is 0 Å². The van der Waals surface area contributed by atoms with Crippen molar-refractivity contribution in [2.45, 2.75) is 26.2 Å². The van der Waals surface area contributed by atoms with Crippen LogP contribution in [0.15, 0.2) is 37.0 Å². The van der Waals surface area contributed by atoms with Gasteiger partial charge in [0.2, 0.25) is 0 Å². The highest BCUT2D eigenvalue weighted by atomic mass is 16.5. The molecule has 0 saturated heterocycles. The summed E-state index contributed by atoms with van der Waals surface area (Å²) in [6, 6.07) is 0. The van der Waals surface area contributed by atoms with Crippen molar-refractivity contribution in [1.82, 2.24) is 4.90 Å². The Bertz CT molecular complexity index is 295. The smallest absolute Gasteiger partial charge is 0.333 e. The third-order valence-corrected chi connectivity index (χ3v) is 2.43. The van der Waals surface area contributed by atoms with Crippen molar-refractivity contribution in [2.24, 2.45) is 0 Å². The largest absolute Gasteiger partial charge is 0.461 e. The molecule has 0 aliphatic carbocycles. The van der Waals surface area contributed by atoms with Gasteiger partial charge in [0.15, 0.2) is 0 Å². The molecule has 0 unspecified atom stereocenters. The first-order chi connectivity index (χ1) is 8.57. The first-order valence-electron chi connectivity index (χ1n) is 6.35. The molecule has 0 heterocycles. The second kappa shape index (κ2) is 10.8. The fourth-order valence-electron chi connectivity index (χ4n) is 1.32. The zero-order valence-corrected chi connectivity index (χ0v) is 11.7. The summed E-state index contributed by atoms with van der Waals surface area (Å²) in [4.78, 5) is 13.3. The minimum absolute atomic E-state index is 0.309. The molecule has 3 heteroatoms. The van der Waals surface area contributed by atoms with Crippen molar-refractivity contribution in [3.63, 3.8) is 0 Å². The van der Waals surface area contributed by atoms with E-state index in [-0.39, 0.29) is 5.97 Å². The Labute approximate surface area is 111 Å². The van der Waals surface area contributed by atoms with Crippen LogP contribution in [0.5, 0.6) is 0 Å². The predicted octanol–water partition coefficient (Wildman–Crippen LogP) is 2.95. The van der Waals surface area contributed by atoms with Crippen molar-refractivity contribution in [3.8, 4) is 0 Å². The molecular formula is C15H25NO2. The van der Waals surface area contributed by atoms with Gasteiger partial charge in [-0.2, -0.15) is 0 Å². The van der Waals surface area contributed by atoms with Crippen LogP contribution < -0.4 is 0 Å². The number of carbonyl (C=O) groups excluding carboxylic acids is 1. The molecule has 0 aliphatic rings. The van der Waals surface area contributed by atoms with Crippen LogP contribution in [0.2, 0.25) is 0 Å². The van der Waals surface area contributed by atoms with Gasteiger partial charge in [-0.05, 0) is 39.8 Å². The minimum Gasteiger partial charge on any atom is -0.461 e. The Kier molecular flexibility index (Phi) is 9.97. The van der Waals surface area contributed by atoms with Gasteiger partial charge in [0.05, 0.1) is 0 Å². The maximum atomic E-state index is 11.1. The van der Waals surface area contributed by atoms with E-state index in [1.54, 1.807) is 6.92 Å². The maximum Gasteiger partial charge on any atom is 0.333 e. The number of hydrogen-bond donors (Lipinski definition) is 0. The quantitative estimate of drug-likeness (QED) is 0.259. The lowest BCUT2D eigenvalue weighted by Crippen LogP contribution is -2.25. The van der Waals surface area contributed by atoms with Gasteiger partial charge in [0.25, 0.3) is 0 Å². The van der Waals surface area contributed by atoms with E-state index >= 15 is 0 Å². The molecule has 0 radical (unpaired) electrons. The number of rotatable bonds is 10. The molecule has 0 aromatic carbocycles. The third-order valence-electron chi connectivity index (χ3n) is 2.43. The Balaban J connectivity index is 3.48. The molecule has 0 aliphatic heterocycles. The van der Waals surface area contributed by atoms with Gasteiger partial charge >= 0.3 is 5.97 Å². The summed E-state index contributed by atoms with van der Waals surface area (Å²) in [6.07, 6.45) is 9.31. The number of likely N-dealkylation sites (N-methyl/N-ethyl adjacent to an activating group) is 1. The first kappa shape index (κ1) is 16.6. The van der Waals surface area contributed by atoms with Crippen LogP contribution in [0.25, 0.3) is 0 Å². The van der Waals surface area contributed by atoms with E-state index in [9.17, 15) is 4.79 Å². The van der Waals surface area contributed by atoms with E-state index in [1.807, 2.05) is 13.1 Å². The molecule has 0 rings (SSSR count). The molecular weight excluding hydrogens is 226 g/mol. The number of esters is 1. The second-order valence-electron chi connectivity index (χ2n) is 4.36. The van der Waals surface area contributed by atoms with Crippen LogP contribution in [0.1, 0.15) is 26.2 Å². The molecule has 3 nitrogen and oxygen atoms in total. The standard InChI is InChI=1S/C15H25NO2/c1-5-6-7-8-9-10-11-16(4)12-13-18-15(17)14(2)3/h5,7-8H,1-2,6,9-13H2,3-4H3/b8-7-. The third kappa shape index (κ3) is 9.85. The molecule has 102 valence electrons. The number of hydrogen-bond acceptors (Lipinski definition) is 3. The maximum absolute atomic E-state index is 11.1. The SMILES string of the molecule is C=CC/C=C\CCCN(C)CCOC(=O)C(=C)C. The van der Waals surface area contributed by atoms with Crippen molar-refractivity contribution >= 4 is 5.97 Å². The molecule has 0 saturated carbocycles. The Morgan fingerprint density at radius 1 is 1.33 bits per heavy atom. The van der Waals surface area contributed by atoms with E-state index in [2.05, 4.69) is 30.2 Å². The normalized spacial score (nSPS) is 10.8. The van der Waals surface area contributed by atoms with Crippen molar-refractivity contribution < 1.29 is 9.53 Å². The van der Waals surface area contributed by atoms with Gasteiger partial charge in [0, 0.05) is 12.1 Å². The Hall–Kier alpha value is -1.35. The average molecular weight is 251 g/mol. The topological polar surface area (TPSA) is 29.5 Å². The van der Waals surface area contributed by atoms with Crippen molar-refractivity contribution in [3.05, 3.63) is 37.0 Å². The summed E-state index contributed by atoms with van der Waals surface area (Å²) in [5.74, 6) is -0.309. The van der Waals surface area contributed by atoms with Gasteiger partial charge < -0.3 is 9.64 Å². The van der Waals surface area contributed by atoms with E-state index in [4.69, 9.17) is 4.74 Å². The van der Waals surface area contributed by atoms with Crippen LogP contribution in [-0.2, 0) is 9.53 Å². The lowest BCUT2D eigenvalue weighted by molar-refractivity contribution is -0.139. The van der Waals surface area contributed by atoms with E-state index < -0.39 is 0 Å². The molecule has 18 heavy (non-hydrogen) atoms. The highest BCUT2D eigenvalue weighted by Crippen LogP contribution is 1.97. The van der Waals surface area contributed by atoms with Gasteiger partial charge in [-0.15, -0.1) is 6.58 Å². The number of ether oxygens (including phenoxy) is 1. The number of carbonyl (C=O) groups is 1. The van der Waals surface area contributed by atoms with E-state index in [0.29, 0.717) is 12.2 Å². The number of nitrogens with zero attached hydrogens (tertiary/aromatic N) is 1. The molecule has 0 spiro atoms. The Morgan fingerprint density at radius 3 is 2.67 bits per heavy atom. The highest BCUT2D eigenvalue weighted by Gasteiger charge is 2.03. The minimum atomic E-state index is -0.309. The fraction of sp³-hybridized carbons (Fsp3) is 0.533. The van der Waals surface area contributed by atoms with Gasteiger partial charge in [-0.25, -0.2) is 4.79 Å². The number of unbranched alkanes of at least 4 members (excludes halogenated alkanes) is 1. The van der Waals surface area contributed by atoms with Crippen LogP contribution in [0.3, 0.4) is 0 Å². The van der Waals surface area contributed by atoms with Crippen LogP contribution >= 0.6 is 0 Å². The molecule has 0 fully saturated rings. The highest BCUT2D eigenvalue weighted by molar-refractivity contribution is 5.86. The molecule has 0 aromatic rings. The molecule has 0 amide bonds. The summed E-state index contributed by atoms with van der Waals surface area (Å²) in [6.45, 7) is 11.0. The monoisotopic (exact) mass is 251 g/mol. The van der Waals surface area contributed by atoms with E-state index in [0.717, 1.165) is 32.4 Å². The zero-order chi connectivity index (χ0) is 13.8. The fourth-order valence-corrected chi connectivity index (χ4v) is 1.32.